The van der Waals surface area contributed by atoms with Gasteiger partial charge in [0, 0.05) is 49.0 Å². The third-order valence-electron chi connectivity index (χ3n) is 9.78. The van der Waals surface area contributed by atoms with Crippen LogP contribution in [-0.2, 0) is 0 Å². The standard InChI is InChI=1S/C46H30N4O2/c1-28(21-23-33-29(2)51-43-37(33)25-24-36-34-17-9-11-19-39(34)50(42(36)43)32-15-7-4-8-16-32)44-47-45(30-13-5-3-6-14-30)49-46(48-44)31-22-26-41-38(27-31)35-18-10-12-20-40(35)52-41/h3-27H,2H2,1H3/b28-21+,33-23+. The zero-order valence-corrected chi connectivity index (χ0v) is 28.2. The highest BCUT2D eigenvalue weighted by Gasteiger charge is 2.18. The molecule has 0 bridgehead atoms. The van der Waals surface area contributed by atoms with Crippen LogP contribution in [0.5, 0.6) is 0 Å². The maximum absolute atomic E-state index is 6.51. The van der Waals surface area contributed by atoms with Gasteiger partial charge in [0.15, 0.2) is 23.1 Å². The van der Waals surface area contributed by atoms with E-state index in [0.717, 1.165) is 76.9 Å². The van der Waals surface area contributed by atoms with E-state index in [1.54, 1.807) is 0 Å². The Bertz CT molecular complexity index is 3150. The fraction of sp³-hybridized carbons (Fsp3) is 0.0217. The molecule has 0 spiro atoms. The summed E-state index contributed by atoms with van der Waals surface area (Å²) >= 11 is 0. The van der Waals surface area contributed by atoms with E-state index in [-0.39, 0.29) is 0 Å². The number of furan rings is 2. The molecule has 4 heterocycles. The summed E-state index contributed by atoms with van der Waals surface area (Å²) in [5, 5.41) is 6.28. The van der Waals surface area contributed by atoms with Crippen molar-refractivity contribution in [1.29, 1.82) is 0 Å². The lowest BCUT2D eigenvalue weighted by Gasteiger charge is -2.08. The number of hydrogen-bond donors (Lipinski definition) is 0. The number of para-hydroxylation sites is 3. The number of aromatic nitrogens is 4. The van der Waals surface area contributed by atoms with Gasteiger partial charge < -0.3 is 13.4 Å². The van der Waals surface area contributed by atoms with Gasteiger partial charge in [-0.2, -0.15) is 0 Å². The van der Waals surface area contributed by atoms with Crippen LogP contribution in [0.25, 0.3) is 101 Å². The van der Waals surface area contributed by atoms with Gasteiger partial charge in [-0.15, -0.1) is 0 Å². The minimum Gasteiger partial charge on any atom is -0.456 e. The van der Waals surface area contributed by atoms with Crippen LogP contribution in [0.2, 0.25) is 0 Å². The lowest BCUT2D eigenvalue weighted by atomic mass is 10.1. The number of benzene rings is 6. The summed E-state index contributed by atoms with van der Waals surface area (Å²) in [6.07, 6.45) is 4.09. The van der Waals surface area contributed by atoms with Crippen LogP contribution < -0.4 is 10.6 Å². The Hall–Kier alpha value is -7.05. The second-order valence-corrected chi connectivity index (χ2v) is 13.0. The molecule has 52 heavy (non-hydrogen) atoms. The second-order valence-electron chi connectivity index (χ2n) is 13.0. The Labute approximate surface area is 297 Å². The van der Waals surface area contributed by atoms with Crippen molar-refractivity contribution in [2.75, 3.05) is 0 Å². The van der Waals surface area contributed by atoms with Gasteiger partial charge in [-0.05, 0) is 61.0 Å². The van der Waals surface area contributed by atoms with Crippen LogP contribution in [0.15, 0.2) is 154 Å². The van der Waals surface area contributed by atoms with E-state index in [1.807, 2.05) is 79.7 Å². The molecule has 0 saturated heterocycles. The van der Waals surface area contributed by atoms with E-state index < -0.39 is 0 Å². The minimum absolute atomic E-state index is 0.585. The highest BCUT2D eigenvalue weighted by Crippen LogP contribution is 2.36. The van der Waals surface area contributed by atoms with Crippen LogP contribution in [-0.4, -0.2) is 19.5 Å². The molecule has 6 aromatic carbocycles. The third-order valence-corrected chi connectivity index (χ3v) is 9.78. The summed E-state index contributed by atoms with van der Waals surface area (Å²) in [6, 6.07) is 47.4. The Balaban J connectivity index is 1.14. The van der Waals surface area contributed by atoms with Crippen LogP contribution in [0.1, 0.15) is 12.7 Å². The van der Waals surface area contributed by atoms with E-state index in [1.165, 1.54) is 5.39 Å². The maximum atomic E-state index is 6.51. The molecule has 0 radical (unpaired) electrons. The van der Waals surface area contributed by atoms with Gasteiger partial charge in [-0.1, -0.05) is 110 Å². The van der Waals surface area contributed by atoms with Gasteiger partial charge in [0.2, 0.25) is 0 Å². The summed E-state index contributed by atoms with van der Waals surface area (Å²) in [5.41, 5.74) is 8.97. The van der Waals surface area contributed by atoms with Crippen molar-refractivity contribution in [2.45, 2.75) is 6.92 Å². The fourth-order valence-electron chi connectivity index (χ4n) is 7.24. The van der Waals surface area contributed by atoms with E-state index in [0.29, 0.717) is 22.9 Å². The van der Waals surface area contributed by atoms with E-state index >= 15 is 0 Å². The summed E-state index contributed by atoms with van der Waals surface area (Å²) in [4.78, 5) is 14.9. The number of allylic oxidation sites excluding steroid dienone is 2. The Morgan fingerprint density at radius 3 is 2.10 bits per heavy atom. The molecule has 6 heteroatoms. The second kappa shape index (κ2) is 11.8. The largest absolute Gasteiger partial charge is 0.456 e. The summed E-state index contributed by atoms with van der Waals surface area (Å²) in [5.74, 6) is 1.78. The van der Waals surface area contributed by atoms with Crippen LogP contribution >= 0.6 is 0 Å². The van der Waals surface area contributed by atoms with Gasteiger partial charge >= 0.3 is 0 Å². The first-order valence-electron chi connectivity index (χ1n) is 17.2. The van der Waals surface area contributed by atoms with Gasteiger partial charge in [0.25, 0.3) is 0 Å². The number of nitrogens with zero attached hydrogens (tertiary/aromatic N) is 4. The molecule has 0 aliphatic rings. The van der Waals surface area contributed by atoms with Gasteiger partial charge in [-0.3, -0.25) is 0 Å². The predicted molar refractivity (Wildman–Crippen MR) is 211 cm³/mol. The summed E-state index contributed by atoms with van der Waals surface area (Å²) < 4.78 is 14.9. The topological polar surface area (TPSA) is 69.9 Å². The third kappa shape index (κ3) is 4.76. The van der Waals surface area contributed by atoms with Crippen molar-refractivity contribution in [3.8, 4) is 28.5 Å². The van der Waals surface area contributed by atoms with Crippen LogP contribution in [0.4, 0.5) is 0 Å². The summed E-state index contributed by atoms with van der Waals surface area (Å²) in [6.45, 7) is 6.36. The monoisotopic (exact) mass is 670 g/mol. The molecule has 4 aromatic heterocycles. The molecule has 0 unspecified atom stereocenters. The zero-order valence-electron chi connectivity index (χ0n) is 28.2. The smallest absolute Gasteiger partial charge is 0.164 e. The molecule has 10 aromatic rings. The van der Waals surface area contributed by atoms with Crippen molar-refractivity contribution < 1.29 is 8.83 Å². The summed E-state index contributed by atoms with van der Waals surface area (Å²) in [7, 11) is 0. The number of hydrogen-bond acceptors (Lipinski definition) is 5. The molecule has 0 fully saturated rings. The molecule has 0 aliphatic heterocycles. The van der Waals surface area contributed by atoms with Crippen molar-refractivity contribution >= 4 is 72.9 Å². The number of fused-ring (bicyclic) bond motifs is 8. The molecule has 0 aliphatic carbocycles. The molecule has 10 rings (SSSR count). The van der Waals surface area contributed by atoms with Crippen LogP contribution in [0, 0.1) is 0 Å². The molecule has 0 saturated carbocycles. The minimum atomic E-state index is 0.585. The van der Waals surface area contributed by atoms with Crippen molar-refractivity contribution in [3.63, 3.8) is 0 Å². The molecular formula is C46H30N4O2. The Kier molecular flexibility index (Phi) is 6.76. The quantitative estimate of drug-likeness (QED) is 0.182. The first-order chi connectivity index (χ1) is 25.6. The molecule has 0 amide bonds. The first kappa shape index (κ1) is 29.8. The van der Waals surface area contributed by atoms with Gasteiger partial charge in [-0.25, -0.2) is 15.0 Å². The maximum Gasteiger partial charge on any atom is 0.164 e. The lowest BCUT2D eigenvalue weighted by Crippen LogP contribution is -2.17. The zero-order chi connectivity index (χ0) is 34.8. The SMILES string of the molecule is C=c1oc2c(ccc3c4ccccc4n(-c4ccccc4)c32)/c1=C/C=C(\C)c1nc(-c2ccccc2)nc(-c2ccc3oc4ccccc4c3c2)n1. The van der Waals surface area contributed by atoms with Crippen molar-refractivity contribution in [3.05, 3.63) is 162 Å². The number of rotatable bonds is 5. The molecule has 0 atom stereocenters. The van der Waals surface area contributed by atoms with E-state index in [9.17, 15) is 0 Å². The van der Waals surface area contributed by atoms with Gasteiger partial charge in [0.05, 0.1) is 11.0 Å². The molecule has 6 nitrogen and oxygen atoms in total. The van der Waals surface area contributed by atoms with Gasteiger partial charge in [0.1, 0.15) is 16.6 Å². The first-order valence-corrected chi connectivity index (χ1v) is 17.2. The highest BCUT2D eigenvalue weighted by molar-refractivity contribution is 6.17. The Morgan fingerprint density at radius 2 is 1.27 bits per heavy atom. The average molecular weight is 671 g/mol. The fourth-order valence-corrected chi connectivity index (χ4v) is 7.24. The Morgan fingerprint density at radius 1 is 0.596 bits per heavy atom. The molecular weight excluding hydrogens is 641 g/mol. The lowest BCUT2D eigenvalue weighted by molar-refractivity contribution is 0.579. The highest BCUT2D eigenvalue weighted by atomic mass is 16.3. The van der Waals surface area contributed by atoms with Crippen molar-refractivity contribution in [2.24, 2.45) is 0 Å². The van der Waals surface area contributed by atoms with Crippen molar-refractivity contribution in [1.82, 2.24) is 19.5 Å². The predicted octanol–water partition coefficient (Wildman–Crippen LogP) is 10.2. The average Bonchev–Trinajstić information content (AvgIpc) is 3.85. The van der Waals surface area contributed by atoms with Crippen LogP contribution in [0.3, 0.4) is 0 Å². The molecule has 246 valence electrons. The molecule has 0 N–H and O–H groups in total. The van der Waals surface area contributed by atoms with E-state index in [4.69, 9.17) is 23.8 Å². The normalized spacial score (nSPS) is 12.6. The van der Waals surface area contributed by atoms with E-state index in [2.05, 4.69) is 90.0 Å².